The Bertz CT molecular complexity index is 1330. The number of ketones is 1. The minimum atomic E-state index is -3.54. The number of fused-ring (bicyclic) bond motifs is 1. The number of Topliss-reactive ketones (excluding diaryl/α,β-unsaturated/α-hetero) is 1. The molecule has 0 radical (unpaired) electrons. The van der Waals surface area contributed by atoms with E-state index in [1.165, 1.54) is 4.31 Å². The van der Waals surface area contributed by atoms with E-state index < -0.39 is 10.0 Å². The van der Waals surface area contributed by atoms with Crippen molar-refractivity contribution in [1.29, 1.82) is 0 Å². The third-order valence-electron chi connectivity index (χ3n) is 6.63. The predicted octanol–water partition coefficient (Wildman–Crippen LogP) is 5.70. The van der Waals surface area contributed by atoms with E-state index in [0.29, 0.717) is 37.2 Å². The maximum absolute atomic E-state index is 13.1. The summed E-state index contributed by atoms with van der Waals surface area (Å²) in [5.74, 6) is 0.0912. The van der Waals surface area contributed by atoms with Gasteiger partial charge in [0.1, 0.15) is 5.78 Å². The number of sulfonamides is 1. The molecule has 0 N–H and O–H groups in total. The average molecular weight is 462 g/mol. The fraction of sp³-hybridized carbons (Fsp3) is 0.321. The van der Waals surface area contributed by atoms with E-state index in [1.54, 1.807) is 6.07 Å². The number of carbonyl (C=O) groups is 1. The molecule has 0 atom stereocenters. The van der Waals surface area contributed by atoms with E-state index in [9.17, 15) is 13.2 Å². The van der Waals surface area contributed by atoms with Crippen LogP contribution in [0, 0.1) is 19.8 Å². The molecule has 1 heterocycles. The minimum absolute atomic E-state index is 0.1000. The van der Waals surface area contributed by atoms with Crippen LogP contribution >= 0.6 is 0 Å². The first-order valence-electron chi connectivity index (χ1n) is 11.4. The molecule has 172 valence electrons. The van der Waals surface area contributed by atoms with Crippen LogP contribution in [0.4, 0.5) is 0 Å². The molecular formula is C28H31NO3S. The Morgan fingerprint density at radius 3 is 2.30 bits per heavy atom. The van der Waals surface area contributed by atoms with Crippen molar-refractivity contribution < 1.29 is 13.2 Å². The largest absolute Gasteiger partial charge is 0.299 e. The van der Waals surface area contributed by atoms with Crippen molar-refractivity contribution in [2.45, 2.75) is 44.9 Å². The lowest BCUT2D eigenvalue weighted by molar-refractivity contribution is -0.123. The van der Waals surface area contributed by atoms with E-state index >= 15 is 0 Å². The molecule has 1 aliphatic heterocycles. The van der Waals surface area contributed by atoms with Crippen LogP contribution < -0.4 is 0 Å². The summed E-state index contributed by atoms with van der Waals surface area (Å²) in [5.41, 5.74) is 4.96. The third kappa shape index (κ3) is 4.94. The van der Waals surface area contributed by atoms with Crippen LogP contribution in [0.2, 0.25) is 0 Å². The molecule has 0 amide bonds. The maximum atomic E-state index is 13.1. The van der Waals surface area contributed by atoms with Gasteiger partial charge in [0.15, 0.2) is 0 Å². The Morgan fingerprint density at radius 1 is 0.970 bits per heavy atom. The maximum Gasteiger partial charge on any atom is 0.243 e. The number of hydrogen-bond donors (Lipinski definition) is 0. The summed E-state index contributed by atoms with van der Waals surface area (Å²) >= 11 is 0. The van der Waals surface area contributed by atoms with Gasteiger partial charge < -0.3 is 0 Å². The van der Waals surface area contributed by atoms with Gasteiger partial charge in [-0.05, 0) is 73.2 Å². The zero-order chi connectivity index (χ0) is 23.8. The molecule has 0 bridgehead atoms. The third-order valence-corrected chi connectivity index (χ3v) is 8.69. The summed E-state index contributed by atoms with van der Waals surface area (Å²) < 4.78 is 27.8. The highest BCUT2D eigenvalue weighted by atomic mass is 32.2. The van der Waals surface area contributed by atoms with Crippen molar-refractivity contribution in [2.75, 3.05) is 13.1 Å². The molecule has 0 unspecified atom stereocenters. The first-order chi connectivity index (χ1) is 15.6. The van der Waals surface area contributed by atoms with Crippen molar-refractivity contribution >= 4 is 32.2 Å². The molecule has 1 fully saturated rings. The van der Waals surface area contributed by atoms with Crippen LogP contribution in [0.3, 0.4) is 0 Å². The number of benzene rings is 3. The summed E-state index contributed by atoms with van der Waals surface area (Å²) in [7, 11) is -3.54. The van der Waals surface area contributed by atoms with Crippen LogP contribution in [-0.4, -0.2) is 31.6 Å². The second-order valence-electron chi connectivity index (χ2n) is 9.27. The smallest absolute Gasteiger partial charge is 0.243 e. The molecule has 33 heavy (non-hydrogen) atoms. The van der Waals surface area contributed by atoms with Crippen molar-refractivity contribution in [3.8, 4) is 0 Å². The molecular weight excluding hydrogens is 430 g/mol. The minimum Gasteiger partial charge on any atom is -0.299 e. The fourth-order valence-electron chi connectivity index (χ4n) is 4.66. The Balaban J connectivity index is 1.41. The number of piperidine rings is 1. The lowest BCUT2D eigenvalue weighted by atomic mass is 9.89. The number of rotatable bonds is 6. The highest BCUT2D eigenvalue weighted by Gasteiger charge is 2.32. The highest BCUT2D eigenvalue weighted by molar-refractivity contribution is 7.89. The van der Waals surface area contributed by atoms with Crippen LogP contribution in [-0.2, 0) is 21.2 Å². The highest BCUT2D eigenvalue weighted by Crippen LogP contribution is 2.28. The molecule has 0 aliphatic carbocycles. The van der Waals surface area contributed by atoms with Crippen molar-refractivity contribution in [1.82, 2.24) is 4.31 Å². The van der Waals surface area contributed by atoms with E-state index in [2.05, 4.69) is 36.9 Å². The topological polar surface area (TPSA) is 54.5 Å². The zero-order valence-electron chi connectivity index (χ0n) is 19.6. The Hall–Kier alpha value is -2.76. The Kier molecular flexibility index (Phi) is 6.55. The molecule has 0 spiro atoms. The van der Waals surface area contributed by atoms with Crippen LogP contribution in [0.1, 0.15) is 42.0 Å². The van der Waals surface area contributed by atoms with E-state index in [1.807, 2.05) is 39.0 Å². The van der Waals surface area contributed by atoms with Gasteiger partial charge in [0.05, 0.1) is 4.90 Å². The second kappa shape index (κ2) is 9.24. The zero-order valence-corrected chi connectivity index (χ0v) is 20.4. The van der Waals surface area contributed by atoms with Gasteiger partial charge in [-0.3, -0.25) is 4.79 Å². The van der Waals surface area contributed by atoms with Crippen LogP contribution in [0.25, 0.3) is 16.3 Å². The van der Waals surface area contributed by atoms with E-state index in [4.69, 9.17) is 0 Å². The average Bonchev–Trinajstić information content (AvgIpc) is 2.78. The van der Waals surface area contributed by atoms with E-state index in [0.717, 1.165) is 38.6 Å². The summed E-state index contributed by atoms with van der Waals surface area (Å²) in [6.07, 6.45) is 1.52. The van der Waals surface area contributed by atoms with Gasteiger partial charge in [-0.25, -0.2) is 8.42 Å². The molecule has 1 saturated heterocycles. The van der Waals surface area contributed by atoms with Gasteiger partial charge in [-0.2, -0.15) is 4.31 Å². The lowest BCUT2D eigenvalue weighted by Gasteiger charge is -2.31. The van der Waals surface area contributed by atoms with Gasteiger partial charge in [0, 0.05) is 25.4 Å². The molecule has 3 aromatic carbocycles. The lowest BCUT2D eigenvalue weighted by Crippen LogP contribution is -2.40. The second-order valence-corrected chi connectivity index (χ2v) is 11.2. The molecule has 0 aromatic heterocycles. The summed E-state index contributed by atoms with van der Waals surface area (Å²) in [5, 5.41) is 2.25. The molecule has 1 aliphatic rings. The first kappa shape index (κ1) is 23.4. The molecule has 0 saturated carbocycles. The van der Waals surface area contributed by atoms with Crippen LogP contribution in [0.15, 0.2) is 66.1 Å². The first-order valence-corrected chi connectivity index (χ1v) is 12.9. The predicted molar refractivity (Wildman–Crippen MR) is 135 cm³/mol. The quantitative estimate of drug-likeness (QED) is 0.473. The van der Waals surface area contributed by atoms with Gasteiger partial charge in [-0.1, -0.05) is 60.2 Å². The standard InChI is InChI=1S/C28H31NO3S/c1-19(2)24-8-9-25-16-22(6-7-26(25)18-24)17-27(30)23-11-13-29(14-12-23)33(31,32)28-10-5-20(3)15-21(28)4/h5-10,15-16,18,23H,1,11-14,17H2,2-4H3. The molecule has 4 rings (SSSR count). The van der Waals surface area contributed by atoms with Gasteiger partial charge in [0.25, 0.3) is 0 Å². The number of allylic oxidation sites excluding steroid dienone is 1. The number of carbonyl (C=O) groups excluding carboxylic acids is 1. The van der Waals surface area contributed by atoms with Gasteiger partial charge in [-0.15, -0.1) is 0 Å². The summed E-state index contributed by atoms with van der Waals surface area (Å²) in [4.78, 5) is 13.4. The monoisotopic (exact) mass is 461 g/mol. The van der Waals surface area contributed by atoms with Gasteiger partial charge >= 0.3 is 0 Å². The summed E-state index contributed by atoms with van der Waals surface area (Å²) in [6.45, 7) is 10.5. The fourth-order valence-corrected chi connectivity index (χ4v) is 6.34. The van der Waals surface area contributed by atoms with Crippen LogP contribution in [0.5, 0.6) is 0 Å². The molecule has 5 heteroatoms. The normalized spacial score (nSPS) is 15.6. The molecule has 3 aromatic rings. The number of nitrogens with zero attached hydrogens (tertiary/aromatic N) is 1. The van der Waals surface area contributed by atoms with Crippen molar-refractivity contribution in [3.05, 3.63) is 83.4 Å². The van der Waals surface area contributed by atoms with E-state index in [-0.39, 0.29) is 11.7 Å². The summed E-state index contributed by atoms with van der Waals surface area (Å²) in [6, 6.07) is 17.8. The van der Waals surface area contributed by atoms with Gasteiger partial charge in [0.2, 0.25) is 10.0 Å². The molecule has 4 nitrogen and oxygen atoms in total. The number of aryl methyl sites for hydroxylation is 2. The SMILES string of the molecule is C=C(C)c1ccc2cc(CC(=O)C3CCN(S(=O)(=O)c4ccc(C)cc4C)CC3)ccc2c1. The van der Waals surface area contributed by atoms with Crippen molar-refractivity contribution in [3.63, 3.8) is 0 Å². The number of hydrogen-bond acceptors (Lipinski definition) is 3. The Morgan fingerprint density at radius 2 is 1.64 bits per heavy atom. The van der Waals surface area contributed by atoms with Crippen molar-refractivity contribution in [2.24, 2.45) is 5.92 Å². The Labute approximate surface area is 197 Å².